The van der Waals surface area contributed by atoms with Gasteiger partial charge in [0.25, 0.3) is 0 Å². The lowest BCUT2D eigenvalue weighted by atomic mass is 10.1. The lowest BCUT2D eigenvalue weighted by Crippen LogP contribution is -2.19. The molecule has 0 unspecified atom stereocenters. The van der Waals surface area contributed by atoms with E-state index < -0.39 is 0 Å². The molecule has 2 aromatic rings. The number of aromatic amines is 1. The van der Waals surface area contributed by atoms with Crippen LogP contribution in [-0.2, 0) is 0 Å². The summed E-state index contributed by atoms with van der Waals surface area (Å²) in [6.07, 6.45) is 0.836. The highest BCUT2D eigenvalue weighted by atomic mass is 32.2. The molecule has 0 atom stereocenters. The van der Waals surface area contributed by atoms with Gasteiger partial charge in [-0.2, -0.15) is 0 Å². The summed E-state index contributed by atoms with van der Waals surface area (Å²) in [5, 5.41) is 7.10. The minimum Gasteiger partial charge on any atom is -0.298 e. The fraction of sp³-hybridized carbons (Fsp3) is 0.308. The molecule has 0 spiro atoms. The maximum atomic E-state index is 11.6. The van der Waals surface area contributed by atoms with Gasteiger partial charge in [-0.15, -0.1) is 5.10 Å². The maximum Gasteiger partial charge on any atom is 0.344 e. The van der Waals surface area contributed by atoms with Crippen molar-refractivity contribution in [1.29, 1.82) is 0 Å². The van der Waals surface area contributed by atoms with Crippen LogP contribution in [0.2, 0.25) is 0 Å². The SMILES string of the molecule is Cc1cc(Sc2n[nH]c(=O)n2C(C)C)ccc1C=O. The van der Waals surface area contributed by atoms with Gasteiger partial charge in [0.2, 0.25) is 0 Å². The Bertz CT molecular complexity index is 658. The highest BCUT2D eigenvalue weighted by Crippen LogP contribution is 2.27. The summed E-state index contributed by atoms with van der Waals surface area (Å²) < 4.78 is 1.60. The summed E-state index contributed by atoms with van der Waals surface area (Å²) in [6, 6.07) is 5.59. The Kier molecular flexibility index (Phi) is 3.90. The summed E-state index contributed by atoms with van der Waals surface area (Å²) >= 11 is 1.40. The molecular formula is C13H15N3O2S. The number of aromatic nitrogens is 3. The number of rotatable bonds is 4. The van der Waals surface area contributed by atoms with Gasteiger partial charge in [0.15, 0.2) is 5.16 Å². The van der Waals surface area contributed by atoms with E-state index >= 15 is 0 Å². The molecule has 1 aromatic carbocycles. The van der Waals surface area contributed by atoms with Crippen LogP contribution < -0.4 is 5.69 Å². The van der Waals surface area contributed by atoms with Gasteiger partial charge in [-0.3, -0.25) is 9.36 Å². The number of hydrogen-bond acceptors (Lipinski definition) is 4. The zero-order valence-electron chi connectivity index (χ0n) is 11.0. The third-order valence-corrected chi connectivity index (χ3v) is 3.73. The largest absolute Gasteiger partial charge is 0.344 e. The Morgan fingerprint density at radius 1 is 1.42 bits per heavy atom. The fourth-order valence-corrected chi connectivity index (χ4v) is 2.83. The van der Waals surface area contributed by atoms with E-state index in [1.54, 1.807) is 10.6 Å². The Morgan fingerprint density at radius 2 is 2.16 bits per heavy atom. The highest BCUT2D eigenvalue weighted by Gasteiger charge is 2.12. The van der Waals surface area contributed by atoms with E-state index in [1.165, 1.54) is 11.8 Å². The maximum absolute atomic E-state index is 11.6. The Labute approximate surface area is 115 Å². The first kappa shape index (κ1) is 13.6. The molecule has 0 saturated carbocycles. The Hall–Kier alpha value is -1.82. The van der Waals surface area contributed by atoms with E-state index in [0.29, 0.717) is 10.7 Å². The second-order valence-electron chi connectivity index (χ2n) is 4.51. The zero-order valence-corrected chi connectivity index (χ0v) is 11.8. The highest BCUT2D eigenvalue weighted by molar-refractivity contribution is 7.99. The van der Waals surface area contributed by atoms with Crippen molar-refractivity contribution in [3.63, 3.8) is 0 Å². The van der Waals surface area contributed by atoms with Crippen LogP contribution in [0, 0.1) is 6.92 Å². The van der Waals surface area contributed by atoms with Gasteiger partial charge < -0.3 is 0 Å². The molecule has 0 saturated heterocycles. The number of aryl methyl sites for hydroxylation is 1. The lowest BCUT2D eigenvalue weighted by Gasteiger charge is -2.09. The van der Waals surface area contributed by atoms with E-state index in [9.17, 15) is 9.59 Å². The van der Waals surface area contributed by atoms with Gasteiger partial charge in [0.1, 0.15) is 6.29 Å². The predicted molar refractivity (Wildman–Crippen MR) is 73.9 cm³/mol. The van der Waals surface area contributed by atoms with Crippen LogP contribution in [-0.4, -0.2) is 21.1 Å². The minimum atomic E-state index is -0.210. The molecule has 0 fully saturated rings. The monoisotopic (exact) mass is 277 g/mol. The molecule has 19 heavy (non-hydrogen) atoms. The molecule has 1 N–H and O–H groups in total. The van der Waals surface area contributed by atoms with Crippen LogP contribution in [0.4, 0.5) is 0 Å². The Balaban J connectivity index is 2.34. The first-order valence-electron chi connectivity index (χ1n) is 5.93. The minimum absolute atomic E-state index is 0.0455. The van der Waals surface area contributed by atoms with E-state index in [1.807, 2.05) is 32.9 Å². The van der Waals surface area contributed by atoms with Gasteiger partial charge in [0, 0.05) is 16.5 Å². The first-order valence-corrected chi connectivity index (χ1v) is 6.75. The molecule has 100 valence electrons. The van der Waals surface area contributed by atoms with Gasteiger partial charge >= 0.3 is 5.69 Å². The Morgan fingerprint density at radius 3 is 2.74 bits per heavy atom. The second kappa shape index (κ2) is 5.44. The smallest absolute Gasteiger partial charge is 0.298 e. The number of carbonyl (C=O) groups excluding carboxylic acids is 1. The zero-order chi connectivity index (χ0) is 14.0. The molecule has 0 amide bonds. The number of aldehydes is 1. The summed E-state index contributed by atoms with van der Waals surface area (Å²) in [5.41, 5.74) is 1.38. The lowest BCUT2D eigenvalue weighted by molar-refractivity contribution is 0.112. The van der Waals surface area contributed by atoms with E-state index in [-0.39, 0.29) is 11.7 Å². The fourth-order valence-electron chi connectivity index (χ4n) is 1.77. The second-order valence-corrected chi connectivity index (χ2v) is 5.55. The van der Waals surface area contributed by atoms with Crippen molar-refractivity contribution in [3.05, 3.63) is 39.8 Å². The molecule has 2 rings (SSSR count). The van der Waals surface area contributed by atoms with Gasteiger partial charge in [-0.25, -0.2) is 9.89 Å². The van der Waals surface area contributed by atoms with E-state index in [0.717, 1.165) is 16.7 Å². The average molecular weight is 277 g/mol. The molecule has 0 aliphatic carbocycles. The van der Waals surface area contributed by atoms with Crippen molar-refractivity contribution >= 4 is 18.0 Å². The van der Waals surface area contributed by atoms with Crippen molar-refractivity contribution in [2.75, 3.05) is 0 Å². The van der Waals surface area contributed by atoms with Crippen molar-refractivity contribution in [3.8, 4) is 0 Å². The molecule has 0 radical (unpaired) electrons. The number of carbonyl (C=O) groups is 1. The van der Waals surface area contributed by atoms with Crippen LogP contribution in [0.5, 0.6) is 0 Å². The molecule has 0 bridgehead atoms. The molecule has 6 heteroatoms. The number of nitrogens with one attached hydrogen (secondary N) is 1. The third kappa shape index (κ3) is 2.78. The van der Waals surface area contributed by atoms with Crippen LogP contribution in [0.25, 0.3) is 0 Å². The summed E-state index contributed by atoms with van der Waals surface area (Å²) in [6.45, 7) is 5.75. The summed E-state index contributed by atoms with van der Waals surface area (Å²) in [4.78, 5) is 23.3. The summed E-state index contributed by atoms with van der Waals surface area (Å²) in [5.74, 6) is 0. The first-order chi connectivity index (χ1) is 9.02. The van der Waals surface area contributed by atoms with Crippen molar-refractivity contribution in [1.82, 2.24) is 14.8 Å². The topological polar surface area (TPSA) is 67.8 Å². The number of nitrogens with zero attached hydrogens (tertiary/aromatic N) is 2. The molecule has 5 nitrogen and oxygen atoms in total. The van der Waals surface area contributed by atoms with Crippen LogP contribution in [0.15, 0.2) is 33.0 Å². The quantitative estimate of drug-likeness (QED) is 0.871. The molecular weight excluding hydrogens is 262 g/mol. The van der Waals surface area contributed by atoms with Crippen LogP contribution in [0.1, 0.15) is 35.8 Å². The van der Waals surface area contributed by atoms with Gasteiger partial charge in [-0.1, -0.05) is 6.07 Å². The van der Waals surface area contributed by atoms with Crippen molar-refractivity contribution in [2.45, 2.75) is 36.9 Å². The normalized spacial score (nSPS) is 10.9. The third-order valence-electron chi connectivity index (χ3n) is 2.77. The van der Waals surface area contributed by atoms with Crippen molar-refractivity contribution in [2.24, 2.45) is 0 Å². The molecule has 0 aliphatic heterocycles. The number of hydrogen-bond donors (Lipinski definition) is 1. The number of H-pyrrole nitrogens is 1. The molecule has 1 heterocycles. The average Bonchev–Trinajstić information content (AvgIpc) is 2.70. The van der Waals surface area contributed by atoms with Crippen LogP contribution in [0.3, 0.4) is 0 Å². The van der Waals surface area contributed by atoms with E-state index in [4.69, 9.17) is 0 Å². The summed E-state index contributed by atoms with van der Waals surface area (Å²) in [7, 11) is 0. The molecule has 1 aromatic heterocycles. The van der Waals surface area contributed by atoms with Crippen molar-refractivity contribution < 1.29 is 4.79 Å². The standard InChI is InChI=1S/C13H15N3O2S/c1-8(2)16-12(18)14-15-13(16)19-11-5-4-10(7-17)9(3)6-11/h4-8H,1-3H3,(H,14,18). The predicted octanol–water partition coefficient (Wildman–Crippen LogP) is 2.42. The number of benzene rings is 1. The molecule has 0 aliphatic rings. The van der Waals surface area contributed by atoms with Crippen LogP contribution >= 0.6 is 11.8 Å². The van der Waals surface area contributed by atoms with E-state index in [2.05, 4.69) is 10.2 Å². The van der Waals surface area contributed by atoms with Gasteiger partial charge in [-0.05, 0) is 50.2 Å². The van der Waals surface area contributed by atoms with Gasteiger partial charge in [0.05, 0.1) is 0 Å².